The lowest BCUT2D eigenvalue weighted by molar-refractivity contribution is -0.137. The van der Waals surface area contributed by atoms with Gasteiger partial charge in [0.1, 0.15) is 0 Å². The second kappa shape index (κ2) is 10.0. The third kappa shape index (κ3) is 6.93. The molecule has 0 atom stereocenters. The molecule has 0 radical (unpaired) electrons. The second-order valence-corrected chi connectivity index (χ2v) is 7.90. The number of carboxylic acids is 1. The summed E-state index contributed by atoms with van der Waals surface area (Å²) < 4.78 is 26.1. The van der Waals surface area contributed by atoms with E-state index in [1.54, 1.807) is 0 Å². The summed E-state index contributed by atoms with van der Waals surface area (Å²) in [5.74, 6) is -1.30. The molecule has 0 aliphatic heterocycles. The maximum absolute atomic E-state index is 12.4. The molecule has 1 aromatic rings. The Kier molecular flexibility index (Phi) is 8.40. The fraction of sp³-hybridized carbons (Fsp3) is 0.471. The van der Waals surface area contributed by atoms with Gasteiger partial charge in [-0.25, -0.2) is 12.7 Å². The molecule has 1 rings (SSSR count). The van der Waals surface area contributed by atoms with Crippen LogP contribution in [0.15, 0.2) is 29.2 Å². The molecule has 0 bridgehead atoms. The van der Waals surface area contributed by atoms with Gasteiger partial charge in [-0.2, -0.15) is 0 Å². The van der Waals surface area contributed by atoms with Crippen LogP contribution in [0, 0.1) is 0 Å². The average Bonchev–Trinajstić information content (AvgIpc) is 2.58. The minimum absolute atomic E-state index is 0.0102. The van der Waals surface area contributed by atoms with E-state index >= 15 is 0 Å². The lowest BCUT2D eigenvalue weighted by Crippen LogP contribution is -2.30. The van der Waals surface area contributed by atoms with Crippen molar-refractivity contribution in [2.24, 2.45) is 0 Å². The van der Waals surface area contributed by atoms with Crippen molar-refractivity contribution in [1.29, 1.82) is 0 Å². The van der Waals surface area contributed by atoms with E-state index in [9.17, 15) is 22.8 Å². The first-order valence-electron chi connectivity index (χ1n) is 8.20. The van der Waals surface area contributed by atoms with Crippen LogP contribution < -0.4 is 5.32 Å². The minimum atomic E-state index is -3.68. The standard InChI is InChI=1S/C17H24N2O6S/c1-13(20)14-7-9-15(10-8-14)26(24,25)19(2)12-4-5-16(21)18-11-3-6-17(22)23/h7-10H,3-6,11-12H2,1-2H3,(H,18,21)(H,22,23). The zero-order chi connectivity index (χ0) is 19.7. The van der Waals surface area contributed by atoms with Crippen molar-refractivity contribution in [1.82, 2.24) is 9.62 Å². The number of carboxylic acid groups (broad SMARTS) is 1. The average molecular weight is 384 g/mol. The number of hydrogen-bond acceptors (Lipinski definition) is 5. The predicted octanol–water partition coefficient (Wildman–Crippen LogP) is 1.27. The molecule has 144 valence electrons. The highest BCUT2D eigenvalue weighted by molar-refractivity contribution is 7.89. The van der Waals surface area contributed by atoms with E-state index in [1.807, 2.05) is 0 Å². The Morgan fingerprint density at radius 3 is 2.23 bits per heavy atom. The number of nitrogens with zero attached hydrogens (tertiary/aromatic N) is 1. The number of Topliss-reactive ketones (excluding diaryl/α,β-unsaturated/α-hetero) is 1. The van der Waals surface area contributed by atoms with Crippen molar-refractivity contribution >= 4 is 27.7 Å². The van der Waals surface area contributed by atoms with E-state index in [0.717, 1.165) is 4.31 Å². The smallest absolute Gasteiger partial charge is 0.303 e. The van der Waals surface area contributed by atoms with Crippen LogP contribution in [0.4, 0.5) is 0 Å². The van der Waals surface area contributed by atoms with E-state index in [2.05, 4.69) is 5.32 Å². The van der Waals surface area contributed by atoms with Crippen LogP contribution in [-0.4, -0.2) is 55.6 Å². The first-order valence-corrected chi connectivity index (χ1v) is 9.64. The number of carbonyl (C=O) groups excluding carboxylic acids is 2. The summed E-state index contributed by atoms with van der Waals surface area (Å²) in [6.45, 7) is 1.85. The van der Waals surface area contributed by atoms with Gasteiger partial charge in [0.2, 0.25) is 15.9 Å². The number of aliphatic carboxylic acids is 1. The Bertz CT molecular complexity index is 743. The third-order valence-electron chi connectivity index (χ3n) is 3.74. The molecule has 1 amide bonds. The summed E-state index contributed by atoms with van der Waals surface area (Å²) in [6, 6.07) is 5.71. The zero-order valence-corrected chi connectivity index (χ0v) is 15.7. The molecule has 1 aromatic carbocycles. The molecule has 8 nitrogen and oxygen atoms in total. The topological polar surface area (TPSA) is 121 Å². The van der Waals surface area contributed by atoms with Crippen LogP contribution in [-0.2, 0) is 19.6 Å². The van der Waals surface area contributed by atoms with Crippen LogP contribution in [0.25, 0.3) is 0 Å². The number of hydrogen-bond donors (Lipinski definition) is 2. The SMILES string of the molecule is CC(=O)c1ccc(S(=O)(=O)N(C)CCCC(=O)NCCCC(=O)O)cc1. The molecule has 0 aromatic heterocycles. The maximum Gasteiger partial charge on any atom is 0.303 e. The first kappa shape index (κ1) is 21.8. The number of benzene rings is 1. The monoisotopic (exact) mass is 384 g/mol. The minimum Gasteiger partial charge on any atom is -0.481 e. The predicted molar refractivity (Wildman–Crippen MR) is 95.4 cm³/mol. The van der Waals surface area contributed by atoms with Crippen LogP contribution in [0.3, 0.4) is 0 Å². The van der Waals surface area contributed by atoms with Gasteiger partial charge in [0.25, 0.3) is 0 Å². The molecule has 0 heterocycles. The molecule has 0 fully saturated rings. The van der Waals surface area contributed by atoms with Crippen molar-refractivity contribution in [3.8, 4) is 0 Å². The quantitative estimate of drug-likeness (QED) is 0.438. The van der Waals surface area contributed by atoms with E-state index in [-0.39, 0.29) is 42.5 Å². The lowest BCUT2D eigenvalue weighted by atomic mass is 10.2. The van der Waals surface area contributed by atoms with Crippen molar-refractivity contribution in [3.63, 3.8) is 0 Å². The summed E-state index contributed by atoms with van der Waals surface area (Å²) in [5, 5.41) is 11.1. The van der Waals surface area contributed by atoms with Crippen LogP contribution in [0.1, 0.15) is 43.0 Å². The summed E-state index contributed by atoms with van der Waals surface area (Å²) in [6.07, 6.45) is 0.831. The highest BCUT2D eigenvalue weighted by atomic mass is 32.2. The van der Waals surface area contributed by atoms with Crippen LogP contribution >= 0.6 is 0 Å². The Labute approximate surface area is 153 Å². The van der Waals surface area contributed by atoms with E-state index < -0.39 is 16.0 Å². The lowest BCUT2D eigenvalue weighted by Gasteiger charge is -2.17. The van der Waals surface area contributed by atoms with Crippen molar-refractivity contribution in [2.45, 2.75) is 37.5 Å². The van der Waals surface area contributed by atoms with E-state index in [1.165, 1.54) is 38.2 Å². The van der Waals surface area contributed by atoms with Crippen molar-refractivity contribution in [3.05, 3.63) is 29.8 Å². The Morgan fingerprint density at radius 1 is 1.08 bits per heavy atom. The summed E-state index contributed by atoms with van der Waals surface area (Å²) in [7, 11) is -2.26. The van der Waals surface area contributed by atoms with Gasteiger partial charge in [0.15, 0.2) is 5.78 Å². The van der Waals surface area contributed by atoms with Gasteiger partial charge in [-0.1, -0.05) is 12.1 Å². The Hall–Kier alpha value is -2.26. The molecular weight excluding hydrogens is 360 g/mol. The van der Waals surface area contributed by atoms with Crippen LogP contribution in [0.2, 0.25) is 0 Å². The number of ketones is 1. The number of rotatable bonds is 11. The van der Waals surface area contributed by atoms with Gasteiger partial charge in [-0.05, 0) is 31.9 Å². The van der Waals surface area contributed by atoms with Crippen molar-refractivity contribution in [2.75, 3.05) is 20.1 Å². The maximum atomic E-state index is 12.4. The number of sulfonamides is 1. The Balaban J connectivity index is 2.46. The van der Waals surface area contributed by atoms with Gasteiger partial charge < -0.3 is 10.4 Å². The molecular formula is C17H24N2O6S. The zero-order valence-electron chi connectivity index (χ0n) is 14.9. The van der Waals surface area contributed by atoms with Crippen molar-refractivity contribution < 1.29 is 27.9 Å². The third-order valence-corrected chi connectivity index (χ3v) is 5.61. The van der Waals surface area contributed by atoms with Crippen LogP contribution in [0.5, 0.6) is 0 Å². The summed E-state index contributed by atoms with van der Waals surface area (Å²) in [4.78, 5) is 33.3. The fourth-order valence-corrected chi connectivity index (χ4v) is 3.39. The molecule has 0 aliphatic rings. The molecule has 0 unspecified atom stereocenters. The number of nitrogens with one attached hydrogen (secondary N) is 1. The molecule has 9 heteroatoms. The molecule has 0 saturated carbocycles. The van der Waals surface area contributed by atoms with Gasteiger partial charge in [0, 0.05) is 38.5 Å². The summed E-state index contributed by atoms with van der Waals surface area (Å²) >= 11 is 0. The van der Waals surface area contributed by atoms with Gasteiger partial charge in [-0.3, -0.25) is 14.4 Å². The molecule has 0 spiro atoms. The fourth-order valence-electron chi connectivity index (χ4n) is 2.18. The van der Waals surface area contributed by atoms with E-state index in [4.69, 9.17) is 5.11 Å². The molecule has 0 aliphatic carbocycles. The van der Waals surface area contributed by atoms with Gasteiger partial charge in [-0.15, -0.1) is 0 Å². The van der Waals surface area contributed by atoms with Gasteiger partial charge in [0.05, 0.1) is 4.90 Å². The molecule has 0 saturated heterocycles. The van der Waals surface area contributed by atoms with E-state index in [0.29, 0.717) is 18.4 Å². The largest absolute Gasteiger partial charge is 0.481 e. The first-order chi connectivity index (χ1) is 12.1. The highest BCUT2D eigenvalue weighted by Crippen LogP contribution is 2.16. The highest BCUT2D eigenvalue weighted by Gasteiger charge is 2.20. The molecule has 2 N–H and O–H groups in total. The summed E-state index contributed by atoms with van der Waals surface area (Å²) in [5.41, 5.74) is 0.436. The number of carbonyl (C=O) groups is 3. The van der Waals surface area contributed by atoms with Gasteiger partial charge >= 0.3 is 5.97 Å². The Morgan fingerprint density at radius 2 is 1.69 bits per heavy atom. The number of amides is 1. The second-order valence-electron chi connectivity index (χ2n) is 5.86. The normalized spacial score (nSPS) is 11.3. The molecule has 26 heavy (non-hydrogen) atoms.